The summed E-state index contributed by atoms with van der Waals surface area (Å²) in [6.45, 7) is 0. The van der Waals surface area contributed by atoms with E-state index in [1.807, 2.05) is 0 Å². The number of allylic oxidation sites excluding steroid dienone is 4. The van der Waals surface area contributed by atoms with Gasteiger partial charge in [-0.1, -0.05) is 0 Å². The molecular formula is C8H13Cl2Pt. The standard InChI is InChI=1S/C8H11.2ClH.Pt/c1-2-4-6-8-7-5-3-1;;;/h1-2,7H,3-6H2;2*1H;. The van der Waals surface area contributed by atoms with E-state index in [1.165, 1.54) is 29.6 Å². The molecule has 0 unspecified atom stereocenters. The summed E-state index contributed by atoms with van der Waals surface area (Å²) in [7, 11) is 0. The molecule has 1 rings (SSSR count). The third-order valence-corrected chi connectivity index (χ3v) is 2.42. The van der Waals surface area contributed by atoms with E-state index in [1.54, 1.807) is 0 Å². The first-order chi connectivity index (χ1) is 4.39. The van der Waals surface area contributed by atoms with E-state index in [2.05, 4.69) is 38.0 Å². The van der Waals surface area contributed by atoms with E-state index in [0.29, 0.717) is 0 Å². The molecule has 0 saturated heterocycles. The molecule has 0 N–H and O–H groups in total. The molecule has 0 heterocycles. The molecule has 0 amide bonds. The molecule has 3 heteroatoms. The molecule has 0 nitrogen and oxygen atoms in total. The Morgan fingerprint density at radius 3 is 2.36 bits per heavy atom. The molecule has 0 aliphatic heterocycles. The van der Waals surface area contributed by atoms with Gasteiger partial charge in [-0.25, -0.2) is 0 Å². The van der Waals surface area contributed by atoms with Crippen molar-refractivity contribution in [2.24, 2.45) is 0 Å². The Hall–Kier alpha value is 0.748. The van der Waals surface area contributed by atoms with Gasteiger partial charge in [0, 0.05) is 0 Å². The number of rotatable bonds is 0. The van der Waals surface area contributed by atoms with Crippen LogP contribution in [0.25, 0.3) is 0 Å². The van der Waals surface area contributed by atoms with Gasteiger partial charge in [-0.15, -0.1) is 24.8 Å². The van der Waals surface area contributed by atoms with Crippen molar-refractivity contribution in [2.75, 3.05) is 0 Å². The van der Waals surface area contributed by atoms with Crippen LogP contribution in [0, 0.1) is 0 Å². The first-order valence-electron chi connectivity index (χ1n) is 3.36. The fourth-order valence-corrected chi connectivity index (χ4v) is 1.53. The Kier molecular flexibility index (Phi) is 11.5. The molecule has 0 aromatic carbocycles. The monoisotopic (exact) mass is 374 g/mol. The van der Waals surface area contributed by atoms with Crippen molar-refractivity contribution in [2.45, 2.75) is 25.7 Å². The number of hydrogen-bond donors (Lipinski definition) is 0. The van der Waals surface area contributed by atoms with Gasteiger partial charge in [-0.2, -0.15) is 0 Å². The summed E-state index contributed by atoms with van der Waals surface area (Å²) in [5.41, 5.74) is 0. The zero-order valence-electron chi connectivity index (χ0n) is 6.19. The third-order valence-electron chi connectivity index (χ3n) is 1.39. The fourth-order valence-electron chi connectivity index (χ4n) is 0.877. The molecule has 0 aromatic heterocycles. The fraction of sp³-hybridized carbons (Fsp3) is 0.500. The van der Waals surface area contributed by atoms with E-state index >= 15 is 0 Å². The summed E-state index contributed by atoms with van der Waals surface area (Å²) >= 11 is 2.41. The number of hydrogen-bond acceptors (Lipinski definition) is 0. The summed E-state index contributed by atoms with van der Waals surface area (Å²) in [5, 5.41) is 0. The quantitative estimate of drug-likeness (QED) is 0.570. The summed E-state index contributed by atoms with van der Waals surface area (Å²) in [5.74, 6) is 0. The minimum absolute atomic E-state index is 0. The summed E-state index contributed by atoms with van der Waals surface area (Å²) in [6.07, 6.45) is 11.8. The van der Waals surface area contributed by atoms with Gasteiger partial charge in [-0.3, -0.25) is 0 Å². The molecule has 0 radical (unpaired) electrons. The van der Waals surface area contributed by atoms with Crippen molar-refractivity contribution >= 4 is 24.8 Å². The summed E-state index contributed by atoms with van der Waals surface area (Å²) in [4.78, 5) is 0. The first kappa shape index (κ1) is 14.3. The van der Waals surface area contributed by atoms with Crippen LogP contribution in [0.15, 0.2) is 22.2 Å². The Labute approximate surface area is 92.2 Å². The van der Waals surface area contributed by atoms with E-state index in [-0.39, 0.29) is 24.8 Å². The van der Waals surface area contributed by atoms with E-state index < -0.39 is 0 Å². The third kappa shape index (κ3) is 7.12. The van der Waals surface area contributed by atoms with Gasteiger partial charge in [0.05, 0.1) is 0 Å². The second kappa shape index (κ2) is 8.84. The van der Waals surface area contributed by atoms with Gasteiger partial charge in [0.1, 0.15) is 0 Å². The zero-order valence-corrected chi connectivity index (χ0v) is 10.1. The Morgan fingerprint density at radius 2 is 1.64 bits per heavy atom. The van der Waals surface area contributed by atoms with Crippen molar-refractivity contribution in [3.63, 3.8) is 0 Å². The van der Waals surface area contributed by atoms with Crippen LogP contribution in [0.3, 0.4) is 0 Å². The van der Waals surface area contributed by atoms with Crippen molar-refractivity contribution in [3.05, 3.63) is 22.2 Å². The van der Waals surface area contributed by atoms with Gasteiger partial charge in [-0.05, 0) is 0 Å². The van der Waals surface area contributed by atoms with E-state index in [4.69, 9.17) is 0 Å². The molecule has 1 aliphatic rings. The van der Waals surface area contributed by atoms with Gasteiger partial charge >= 0.3 is 67.7 Å². The van der Waals surface area contributed by atoms with Crippen molar-refractivity contribution in [1.29, 1.82) is 0 Å². The Morgan fingerprint density at radius 1 is 1.00 bits per heavy atom. The van der Waals surface area contributed by atoms with Crippen LogP contribution in [0.4, 0.5) is 0 Å². The molecule has 1 aliphatic carbocycles. The molecule has 0 saturated carbocycles. The molecule has 0 atom stereocenters. The van der Waals surface area contributed by atoms with Crippen LogP contribution in [0.1, 0.15) is 25.7 Å². The van der Waals surface area contributed by atoms with Crippen molar-refractivity contribution in [1.82, 2.24) is 0 Å². The van der Waals surface area contributed by atoms with E-state index in [9.17, 15) is 0 Å². The van der Waals surface area contributed by atoms with Crippen LogP contribution in [-0.2, 0) is 19.8 Å². The topological polar surface area (TPSA) is 0 Å². The van der Waals surface area contributed by atoms with Crippen LogP contribution >= 0.6 is 24.8 Å². The SMILES string of the molecule is Cl.Cl.[Pt][C]1=CCCC=CCC1. The normalized spacial score (nSPS) is 16.7. The first-order valence-corrected chi connectivity index (χ1v) is 4.49. The van der Waals surface area contributed by atoms with E-state index in [0.717, 1.165) is 0 Å². The van der Waals surface area contributed by atoms with Crippen molar-refractivity contribution < 1.29 is 19.8 Å². The number of halogens is 2. The van der Waals surface area contributed by atoms with Gasteiger partial charge < -0.3 is 0 Å². The Balaban J connectivity index is 0. The zero-order chi connectivity index (χ0) is 6.53. The van der Waals surface area contributed by atoms with Crippen LogP contribution in [0.5, 0.6) is 0 Å². The van der Waals surface area contributed by atoms with Crippen LogP contribution in [-0.4, -0.2) is 0 Å². The van der Waals surface area contributed by atoms with Gasteiger partial charge in [0.2, 0.25) is 0 Å². The predicted octanol–water partition coefficient (Wildman–Crippen LogP) is 3.39. The molecule has 69 valence electrons. The average molecular weight is 375 g/mol. The maximum atomic E-state index is 2.41. The van der Waals surface area contributed by atoms with Gasteiger partial charge in [0.15, 0.2) is 0 Å². The molecular weight excluding hydrogens is 362 g/mol. The summed E-state index contributed by atoms with van der Waals surface area (Å²) < 4.78 is 1.53. The van der Waals surface area contributed by atoms with Crippen LogP contribution in [0.2, 0.25) is 0 Å². The Bertz CT molecular complexity index is 141. The average Bonchev–Trinajstić information content (AvgIpc) is 1.79. The molecule has 0 aromatic rings. The van der Waals surface area contributed by atoms with Crippen LogP contribution < -0.4 is 0 Å². The maximum absolute atomic E-state index is 2.41. The summed E-state index contributed by atoms with van der Waals surface area (Å²) in [6, 6.07) is 0. The second-order valence-electron chi connectivity index (χ2n) is 2.20. The molecule has 0 spiro atoms. The minimum atomic E-state index is 0. The second-order valence-corrected chi connectivity index (χ2v) is 3.66. The molecule has 0 fully saturated rings. The molecule has 0 bridgehead atoms. The van der Waals surface area contributed by atoms with Gasteiger partial charge in [0.25, 0.3) is 0 Å². The molecule has 11 heavy (non-hydrogen) atoms. The predicted molar refractivity (Wildman–Crippen MR) is 50.2 cm³/mol. The van der Waals surface area contributed by atoms with Crippen molar-refractivity contribution in [3.8, 4) is 0 Å².